The average molecular weight is 732 g/mol. The van der Waals surface area contributed by atoms with E-state index in [4.69, 9.17) is 9.98 Å². The molecule has 4 aromatic heterocycles. The second-order valence-electron chi connectivity index (χ2n) is 14.2. The molecule has 0 aliphatic rings. The Labute approximate surface area is 327 Å². The summed E-state index contributed by atoms with van der Waals surface area (Å²) in [5.41, 5.74) is 13.2. The number of H-pyrrole nitrogens is 1. The van der Waals surface area contributed by atoms with Crippen molar-refractivity contribution in [3.05, 3.63) is 199 Å². The van der Waals surface area contributed by atoms with Crippen LogP contribution in [0.2, 0.25) is 0 Å². The number of nitrogens with zero attached hydrogens (tertiary/aromatic N) is 5. The number of amidine groups is 1. The molecule has 11 rings (SSSR count). The quantitative estimate of drug-likeness (QED) is 0.136. The summed E-state index contributed by atoms with van der Waals surface area (Å²) in [5, 5.41) is 14.2. The molecule has 2 N–H and O–H groups in total. The highest BCUT2D eigenvalue weighted by molar-refractivity contribution is 6.13. The Hall–Kier alpha value is -7.90. The summed E-state index contributed by atoms with van der Waals surface area (Å²) in [6, 6.07) is 60.6. The first-order valence-corrected chi connectivity index (χ1v) is 18.9. The van der Waals surface area contributed by atoms with Gasteiger partial charge in [0.2, 0.25) is 0 Å². The maximum absolute atomic E-state index is 9.49. The van der Waals surface area contributed by atoms with Crippen LogP contribution in [0, 0.1) is 5.41 Å². The van der Waals surface area contributed by atoms with Gasteiger partial charge in [0.1, 0.15) is 5.69 Å². The van der Waals surface area contributed by atoms with E-state index in [1.165, 1.54) is 10.8 Å². The van der Waals surface area contributed by atoms with E-state index in [9.17, 15) is 5.41 Å². The number of rotatable bonds is 5. The Morgan fingerprint density at radius 2 is 1.14 bits per heavy atom. The first-order chi connectivity index (χ1) is 28.2. The van der Waals surface area contributed by atoms with Crippen molar-refractivity contribution >= 4 is 60.5 Å². The van der Waals surface area contributed by atoms with Crippen molar-refractivity contribution in [2.24, 2.45) is 4.99 Å². The lowest BCUT2D eigenvalue weighted by Gasteiger charge is -2.13. The van der Waals surface area contributed by atoms with Crippen LogP contribution >= 0.6 is 0 Å². The molecule has 0 unspecified atom stereocenters. The van der Waals surface area contributed by atoms with E-state index < -0.39 is 0 Å². The SMILES string of the molecule is N=C(N=c1[nH]c2ccccc2nc1-c1ccccc1)c1ccccc1-n1c2ccccc2c2cc(-c3ccc4c(c3)c3ccccc3n4-c3cccnc3)ccc21. The monoisotopic (exact) mass is 731 g/mol. The molecule has 268 valence electrons. The fourth-order valence-corrected chi connectivity index (χ4v) is 8.28. The first-order valence-electron chi connectivity index (χ1n) is 18.9. The molecule has 7 aromatic carbocycles. The van der Waals surface area contributed by atoms with Crippen LogP contribution in [0.4, 0.5) is 0 Å². The lowest BCUT2D eigenvalue weighted by molar-refractivity contribution is 1.13. The van der Waals surface area contributed by atoms with E-state index in [1.807, 2.05) is 91.3 Å². The molecule has 0 spiro atoms. The molecular formula is C50H33N7. The third-order valence-corrected chi connectivity index (χ3v) is 10.9. The first kappa shape index (κ1) is 32.5. The molecule has 0 saturated carbocycles. The van der Waals surface area contributed by atoms with Gasteiger partial charge in [0.25, 0.3) is 0 Å². The number of nitrogens with one attached hydrogen (secondary N) is 2. The molecule has 0 bridgehead atoms. The van der Waals surface area contributed by atoms with E-state index in [0.29, 0.717) is 16.7 Å². The number of fused-ring (bicyclic) bond motifs is 7. The Kier molecular flexibility index (Phi) is 7.50. The van der Waals surface area contributed by atoms with Gasteiger partial charge < -0.3 is 14.1 Å². The molecule has 0 radical (unpaired) electrons. The third-order valence-electron chi connectivity index (χ3n) is 10.9. The second-order valence-corrected chi connectivity index (χ2v) is 14.2. The van der Waals surface area contributed by atoms with E-state index >= 15 is 0 Å². The van der Waals surface area contributed by atoms with Crippen molar-refractivity contribution < 1.29 is 0 Å². The average Bonchev–Trinajstić information content (AvgIpc) is 3.79. The molecule has 0 amide bonds. The summed E-state index contributed by atoms with van der Waals surface area (Å²) in [7, 11) is 0. The lowest BCUT2D eigenvalue weighted by atomic mass is 10.0. The van der Waals surface area contributed by atoms with Gasteiger partial charge in [-0.2, -0.15) is 0 Å². The summed E-state index contributed by atoms with van der Waals surface area (Å²) in [4.78, 5) is 17.8. The molecule has 11 aromatic rings. The fourth-order valence-electron chi connectivity index (χ4n) is 8.28. The molecule has 0 fully saturated rings. The van der Waals surface area contributed by atoms with E-state index in [2.05, 4.69) is 116 Å². The highest BCUT2D eigenvalue weighted by Gasteiger charge is 2.19. The largest absolute Gasteiger partial charge is 0.337 e. The Balaban J connectivity index is 1.06. The van der Waals surface area contributed by atoms with Gasteiger partial charge in [0.15, 0.2) is 11.3 Å². The van der Waals surface area contributed by atoms with E-state index in [0.717, 1.165) is 71.9 Å². The molecule has 0 atom stereocenters. The van der Waals surface area contributed by atoms with Crippen LogP contribution in [-0.4, -0.2) is 29.9 Å². The molecule has 0 aliphatic heterocycles. The number of aromatic nitrogens is 5. The summed E-state index contributed by atoms with van der Waals surface area (Å²) < 4.78 is 4.55. The van der Waals surface area contributed by atoms with Crippen LogP contribution in [-0.2, 0) is 0 Å². The predicted octanol–water partition coefficient (Wildman–Crippen LogP) is 11.4. The number of hydrogen-bond acceptors (Lipinski definition) is 3. The maximum atomic E-state index is 9.49. The third kappa shape index (κ3) is 5.36. The highest BCUT2D eigenvalue weighted by Crippen LogP contribution is 2.38. The van der Waals surface area contributed by atoms with Crippen LogP contribution in [0.3, 0.4) is 0 Å². The lowest BCUT2D eigenvalue weighted by Crippen LogP contribution is -2.17. The van der Waals surface area contributed by atoms with Crippen molar-refractivity contribution in [3.63, 3.8) is 0 Å². The molecule has 0 aliphatic carbocycles. The Morgan fingerprint density at radius 3 is 1.88 bits per heavy atom. The number of para-hydroxylation sites is 5. The number of pyridine rings is 1. The van der Waals surface area contributed by atoms with Crippen molar-refractivity contribution in [3.8, 4) is 33.8 Å². The fraction of sp³-hybridized carbons (Fsp3) is 0. The minimum Gasteiger partial charge on any atom is -0.337 e. The van der Waals surface area contributed by atoms with Crippen LogP contribution in [0.25, 0.3) is 88.4 Å². The zero-order chi connectivity index (χ0) is 37.9. The van der Waals surface area contributed by atoms with Gasteiger partial charge in [-0.3, -0.25) is 10.4 Å². The van der Waals surface area contributed by atoms with E-state index in [-0.39, 0.29) is 5.84 Å². The molecule has 4 heterocycles. The smallest absolute Gasteiger partial charge is 0.159 e. The van der Waals surface area contributed by atoms with Crippen LogP contribution in [0.5, 0.6) is 0 Å². The van der Waals surface area contributed by atoms with Gasteiger partial charge in [-0.15, -0.1) is 0 Å². The van der Waals surface area contributed by atoms with Crippen LogP contribution < -0.4 is 5.49 Å². The van der Waals surface area contributed by atoms with Gasteiger partial charge in [0, 0.05) is 38.9 Å². The zero-order valence-electron chi connectivity index (χ0n) is 30.6. The van der Waals surface area contributed by atoms with Gasteiger partial charge >= 0.3 is 0 Å². The van der Waals surface area contributed by atoms with Gasteiger partial charge in [-0.1, -0.05) is 103 Å². The summed E-state index contributed by atoms with van der Waals surface area (Å²) >= 11 is 0. The second kappa shape index (κ2) is 13.1. The minimum absolute atomic E-state index is 0.136. The van der Waals surface area contributed by atoms with Gasteiger partial charge in [-0.05, 0) is 83.9 Å². The van der Waals surface area contributed by atoms with Crippen LogP contribution in [0.1, 0.15) is 5.56 Å². The zero-order valence-corrected chi connectivity index (χ0v) is 30.6. The maximum Gasteiger partial charge on any atom is 0.159 e. The topological polar surface area (TPSA) is 87.6 Å². The standard InChI is InChI=1S/C50H33N7/c51-49(55-50-48(32-13-2-1-3-14-32)53-41-19-7-8-20-42(41)54-50)38-18-6-11-23-45(38)57-44-22-10-5-17-37(44)40-30-34(25-27-47(40)57)33-24-26-46-39(29-33)36-16-4-9-21-43(36)56(46)35-15-12-28-52-31-35/h1-31H,(H2,51,54,55). The molecule has 7 nitrogen and oxygen atoms in total. The number of aromatic amines is 1. The summed E-state index contributed by atoms with van der Waals surface area (Å²) in [6.45, 7) is 0. The Morgan fingerprint density at radius 1 is 0.526 bits per heavy atom. The van der Waals surface area contributed by atoms with Crippen molar-refractivity contribution in [1.82, 2.24) is 24.1 Å². The van der Waals surface area contributed by atoms with E-state index in [1.54, 1.807) is 0 Å². The van der Waals surface area contributed by atoms with Crippen molar-refractivity contribution in [2.45, 2.75) is 0 Å². The Bertz CT molecular complexity index is 3430. The number of hydrogen-bond donors (Lipinski definition) is 2. The molecule has 57 heavy (non-hydrogen) atoms. The molecule has 7 heteroatoms. The summed E-state index contributed by atoms with van der Waals surface area (Å²) in [6.07, 6.45) is 3.73. The summed E-state index contributed by atoms with van der Waals surface area (Å²) in [5.74, 6) is 0.136. The van der Waals surface area contributed by atoms with Gasteiger partial charge in [0.05, 0.1) is 50.7 Å². The predicted molar refractivity (Wildman–Crippen MR) is 232 cm³/mol. The van der Waals surface area contributed by atoms with Gasteiger partial charge in [-0.25, -0.2) is 9.98 Å². The van der Waals surface area contributed by atoms with Crippen molar-refractivity contribution in [2.75, 3.05) is 0 Å². The normalized spacial score (nSPS) is 12.0. The number of benzene rings is 7. The highest BCUT2D eigenvalue weighted by atomic mass is 15.0. The van der Waals surface area contributed by atoms with Crippen molar-refractivity contribution in [1.29, 1.82) is 5.41 Å². The van der Waals surface area contributed by atoms with Crippen LogP contribution in [0.15, 0.2) is 193 Å². The minimum atomic E-state index is 0.136. The molecule has 0 saturated heterocycles. The molecular weight excluding hydrogens is 699 g/mol.